The Kier molecular flexibility index (Phi) is 3.38. The van der Waals surface area contributed by atoms with Crippen LogP contribution in [0.25, 0.3) is 0 Å². The van der Waals surface area contributed by atoms with Crippen LogP contribution in [0.5, 0.6) is 0 Å². The molecule has 2 heteroatoms. The highest BCUT2D eigenvalue weighted by molar-refractivity contribution is 5.00. The normalized spacial score (nSPS) is 11.6. The quantitative estimate of drug-likeness (QED) is 0.595. The van der Waals surface area contributed by atoms with Crippen LogP contribution in [0.2, 0.25) is 0 Å². The van der Waals surface area contributed by atoms with E-state index in [9.17, 15) is 0 Å². The maximum atomic E-state index is 8.70. The number of rotatable bonds is 3. The second-order valence-corrected chi connectivity index (χ2v) is 3.09. The van der Waals surface area contributed by atoms with Crippen LogP contribution in [-0.2, 0) is 0 Å². The smallest absolute Gasteiger partial charge is 0.103 e. The molecule has 10 heavy (non-hydrogen) atoms. The number of nitrogens with zero attached hydrogens (tertiary/aromatic N) is 2. The molecule has 0 saturated carbocycles. The van der Waals surface area contributed by atoms with Crippen molar-refractivity contribution in [2.45, 2.75) is 32.7 Å². The Balaban J connectivity index is 3.94. The van der Waals surface area contributed by atoms with E-state index in [1.807, 2.05) is 20.9 Å². The Labute approximate surface area is 63.4 Å². The van der Waals surface area contributed by atoms with Crippen LogP contribution in [0, 0.1) is 11.3 Å². The Hall–Kier alpha value is -0.550. The lowest BCUT2D eigenvalue weighted by Gasteiger charge is -2.28. The van der Waals surface area contributed by atoms with Crippen molar-refractivity contribution < 1.29 is 0 Å². The predicted octanol–water partition coefficient (Wildman–Crippen LogP) is 1.63. The molecule has 0 aromatic carbocycles. The largest absolute Gasteiger partial charge is 0.289 e. The predicted molar refractivity (Wildman–Crippen MR) is 42.6 cm³/mol. The van der Waals surface area contributed by atoms with Gasteiger partial charge in [0, 0.05) is 0 Å². The lowest BCUT2D eigenvalue weighted by atomic mass is 10.1. The first-order valence-corrected chi connectivity index (χ1v) is 3.67. The van der Waals surface area contributed by atoms with Gasteiger partial charge in [-0.25, -0.2) is 0 Å². The number of nitriles is 1. The average Bonchev–Trinajstić information content (AvgIpc) is 1.89. The molecule has 0 spiro atoms. The summed E-state index contributed by atoms with van der Waals surface area (Å²) in [4.78, 5) is 2.06. The van der Waals surface area contributed by atoms with Crippen LogP contribution >= 0.6 is 0 Å². The van der Waals surface area contributed by atoms with Crippen LogP contribution in [0.15, 0.2) is 0 Å². The molecular weight excluding hydrogens is 124 g/mol. The van der Waals surface area contributed by atoms with Crippen molar-refractivity contribution in [1.29, 1.82) is 5.26 Å². The van der Waals surface area contributed by atoms with Gasteiger partial charge in [0.25, 0.3) is 0 Å². The molecule has 0 aliphatic heterocycles. The summed E-state index contributed by atoms with van der Waals surface area (Å²) in [5.74, 6) is 0. The Morgan fingerprint density at radius 2 is 2.00 bits per heavy atom. The fraction of sp³-hybridized carbons (Fsp3) is 0.875. The van der Waals surface area contributed by atoms with Crippen molar-refractivity contribution in [2.75, 3.05) is 13.6 Å². The van der Waals surface area contributed by atoms with E-state index in [4.69, 9.17) is 5.26 Å². The van der Waals surface area contributed by atoms with Gasteiger partial charge in [-0.2, -0.15) is 5.26 Å². The first kappa shape index (κ1) is 9.45. The van der Waals surface area contributed by atoms with Crippen LogP contribution in [0.4, 0.5) is 0 Å². The lowest BCUT2D eigenvalue weighted by Crippen LogP contribution is -2.39. The fourth-order valence-electron chi connectivity index (χ4n) is 0.700. The molecule has 0 aliphatic carbocycles. The molecule has 0 aromatic rings. The molecule has 0 radical (unpaired) electrons. The van der Waals surface area contributed by atoms with Gasteiger partial charge in [-0.1, -0.05) is 6.92 Å². The fourth-order valence-corrected chi connectivity index (χ4v) is 0.700. The Bertz CT molecular complexity index is 133. The van der Waals surface area contributed by atoms with Gasteiger partial charge in [0.1, 0.15) is 5.54 Å². The molecule has 0 bridgehead atoms. The summed E-state index contributed by atoms with van der Waals surface area (Å²) in [5, 5.41) is 8.70. The summed E-state index contributed by atoms with van der Waals surface area (Å²) in [7, 11) is 1.98. The van der Waals surface area contributed by atoms with E-state index >= 15 is 0 Å². The average molecular weight is 140 g/mol. The molecule has 0 fully saturated rings. The van der Waals surface area contributed by atoms with Crippen LogP contribution < -0.4 is 0 Å². The highest BCUT2D eigenvalue weighted by Gasteiger charge is 2.21. The van der Waals surface area contributed by atoms with Crippen LogP contribution in [0.1, 0.15) is 27.2 Å². The van der Waals surface area contributed by atoms with E-state index in [2.05, 4.69) is 17.9 Å². The SMILES string of the molecule is CCCN(C)C(C)(C)C#N. The van der Waals surface area contributed by atoms with Crippen molar-refractivity contribution in [3.05, 3.63) is 0 Å². The highest BCUT2D eigenvalue weighted by Crippen LogP contribution is 2.09. The summed E-state index contributed by atoms with van der Waals surface area (Å²) in [5.41, 5.74) is -0.310. The van der Waals surface area contributed by atoms with Gasteiger partial charge in [-0.15, -0.1) is 0 Å². The summed E-state index contributed by atoms with van der Waals surface area (Å²) in [6.07, 6.45) is 1.10. The molecule has 2 nitrogen and oxygen atoms in total. The third-order valence-corrected chi connectivity index (χ3v) is 1.79. The summed E-state index contributed by atoms with van der Waals surface area (Å²) >= 11 is 0. The van der Waals surface area contributed by atoms with Crippen molar-refractivity contribution >= 4 is 0 Å². The van der Waals surface area contributed by atoms with Gasteiger partial charge in [-0.3, -0.25) is 4.90 Å². The van der Waals surface area contributed by atoms with E-state index in [-0.39, 0.29) is 5.54 Å². The summed E-state index contributed by atoms with van der Waals surface area (Å²) in [6.45, 7) is 6.97. The third-order valence-electron chi connectivity index (χ3n) is 1.79. The number of hydrogen-bond donors (Lipinski definition) is 0. The van der Waals surface area contributed by atoms with Crippen molar-refractivity contribution in [3.8, 4) is 6.07 Å². The van der Waals surface area contributed by atoms with Crippen LogP contribution in [0.3, 0.4) is 0 Å². The maximum Gasteiger partial charge on any atom is 0.103 e. The molecule has 0 aromatic heterocycles. The first-order chi connectivity index (χ1) is 4.54. The zero-order chi connectivity index (χ0) is 8.20. The topological polar surface area (TPSA) is 27.0 Å². The van der Waals surface area contributed by atoms with Gasteiger partial charge in [0.05, 0.1) is 6.07 Å². The van der Waals surface area contributed by atoms with Crippen molar-refractivity contribution in [1.82, 2.24) is 4.90 Å². The molecule has 0 atom stereocenters. The van der Waals surface area contributed by atoms with Gasteiger partial charge in [0.15, 0.2) is 0 Å². The molecule has 0 rings (SSSR count). The van der Waals surface area contributed by atoms with Crippen molar-refractivity contribution in [2.24, 2.45) is 0 Å². The van der Waals surface area contributed by atoms with E-state index in [0.29, 0.717) is 0 Å². The lowest BCUT2D eigenvalue weighted by molar-refractivity contribution is 0.212. The van der Waals surface area contributed by atoms with Gasteiger partial charge < -0.3 is 0 Å². The molecule has 58 valence electrons. The van der Waals surface area contributed by atoms with Crippen LogP contribution in [-0.4, -0.2) is 24.0 Å². The van der Waals surface area contributed by atoms with E-state index in [0.717, 1.165) is 13.0 Å². The Morgan fingerprint density at radius 1 is 1.50 bits per heavy atom. The molecule has 0 amide bonds. The molecule has 0 heterocycles. The second-order valence-electron chi connectivity index (χ2n) is 3.09. The van der Waals surface area contributed by atoms with E-state index in [1.165, 1.54) is 0 Å². The maximum absolute atomic E-state index is 8.70. The zero-order valence-electron chi connectivity index (χ0n) is 7.31. The van der Waals surface area contributed by atoms with Gasteiger partial charge >= 0.3 is 0 Å². The van der Waals surface area contributed by atoms with E-state index in [1.54, 1.807) is 0 Å². The molecular formula is C8H16N2. The first-order valence-electron chi connectivity index (χ1n) is 3.67. The molecule has 0 aliphatic rings. The molecule has 0 saturated heterocycles. The molecule has 0 N–H and O–H groups in total. The Morgan fingerprint density at radius 3 is 2.30 bits per heavy atom. The standard InChI is InChI=1S/C8H16N2/c1-5-6-10(4)8(2,3)7-9/h5-6H2,1-4H3. The second kappa shape index (κ2) is 3.58. The van der Waals surface area contributed by atoms with Crippen molar-refractivity contribution in [3.63, 3.8) is 0 Å². The minimum Gasteiger partial charge on any atom is -0.289 e. The monoisotopic (exact) mass is 140 g/mol. The summed E-state index contributed by atoms with van der Waals surface area (Å²) in [6, 6.07) is 2.25. The van der Waals surface area contributed by atoms with E-state index < -0.39 is 0 Å². The molecule has 0 unspecified atom stereocenters. The number of hydrogen-bond acceptors (Lipinski definition) is 2. The third kappa shape index (κ3) is 2.36. The van der Waals surface area contributed by atoms with Gasteiger partial charge in [0.2, 0.25) is 0 Å². The highest BCUT2D eigenvalue weighted by atomic mass is 15.2. The minimum absolute atomic E-state index is 0.310. The minimum atomic E-state index is -0.310. The van der Waals surface area contributed by atoms with Gasteiger partial charge in [-0.05, 0) is 33.9 Å². The zero-order valence-corrected chi connectivity index (χ0v) is 7.31. The summed E-state index contributed by atoms with van der Waals surface area (Å²) < 4.78 is 0.